The highest BCUT2D eigenvalue weighted by molar-refractivity contribution is 7.06. The van der Waals surface area contributed by atoms with Gasteiger partial charge in [0.25, 0.3) is 0 Å². The molecule has 0 aliphatic heterocycles. The van der Waals surface area contributed by atoms with E-state index in [0.29, 0.717) is 0 Å². The number of hydrogen-bond acceptors (Lipinski definition) is 2. The van der Waals surface area contributed by atoms with Gasteiger partial charge in [-0.05, 0) is 0 Å². The molecule has 6 heteroatoms. The quantitative estimate of drug-likeness (QED) is 0.590. The van der Waals surface area contributed by atoms with Gasteiger partial charge in [0, 0.05) is 0 Å². The first-order chi connectivity index (χ1) is 6.39. The van der Waals surface area contributed by atoms with Crippen LogP contribution in [-0.4, -0.2) is 38.3 Å². The maximum atomic E-state index is 11.4. The topological polar surface area (TPSA) is 74.6 Å². The van der Waals surface area contributed by atoms with Crippen LogP contribution in [0.4, 0.5) is 0 Å². The van der Waals surface area contributed by atoms with Gasteiger partial charge in [-0.2, -0.15) is 0 Å². The number of carboxylic acids is 2. The van der Waals surface area contributed by atoms with Crippen molar-refractivity contribution in [2.75, 3.05) is 0 Å². The number of aliphatic carboxylic acids is 2. The average molecular weight is 248 g/mol. The minimum atomic E-state index is -2.34. The summed E-state index contributed by atoms with van der Waals surface area (Å²) < 4.78 is -1.51. The Morgan fingerprint density at radius 2 is 1.00 bits per heavy atom. The minimum absolute atomic E-state index is 1.16. The summed E-state index contributed by atoms with van der Waals surface area (Å²) in [6.07, 6.45) is 0. The molecule has 0 aromatic heterocycles. The Kier molecular flexibility index (Phi) is 3.59. The third-order valence-electron chi connectivity index (χ3n) is 2.89. The fourth-order valence-electron chi connectivity index (χ4n) is 2.50. The first-order valence-corrected chi connectivity index (χ1v) is 11.9. The first kappa shape index (κ1) is 14.4. The molecule has 0 atom stereocenters. The molecule has 0 aromatic rings. The van der Waals surface area contributed by atoms with Crippen molar-refractivity contribution in [1.29, 1.82) is 0 Å². The molecule has 0 aliphatic carbocycles. The highest BCUT2D eigenvalue weighted by Gasteiger charge is 2.64. The Hall–Kier alpha value is -0.626. The molecule has 2 N–H and O–H groups in total. The molecule has 0 aromatic carbocycles. The maximum absolute atomic E-state index is 11.4. The van der Waals surface area contributed by atoms with Crippen molar-refractivity contribution < 1.29 is 19.8 Å². The van der Waals surface area contributed by atoms with Crippen LogP contribution < -0.4 is 0 Å². The van der Waals surface area contributed by atoms with Crippen molar-refractivity contribution in [2.45, 2.75) is 43.9 Å². The molecule has 0 heterocycles. The van der Waals surface area contributed by atoms with Crippen LogP contribution in [0.15, 0.2) is 0 Å². The average Bonchev–Trinajstić information content (AvgIpc) is 1.75. The molecule has 0 amide bonds. The van der Waals surface area contributed by atoms with Crippen LogP contribution in [0.1, 0.15) is 0 Å². The molecule has 4 nitrogen and oxygen atoms in total. The van der Waals surface area contributed by atoms with E-state index in [2.05, 4.69) is 0 Å². The fraction of sp³-hybridized carbons (Fsp3) is 0.778. The molecule has 0 radical (unpaired) electrons. The lowest BCUT2D eigenvalue weighted by molar-refractivity contribution is -0.149. The second-order valence-electron chi connectivity index (χ2n) is 5.86. The van der Waals surface area contributed by atoms with E-state index in [-0.39, 0.29) is 0 Å². The van der Waals surface area contributed by atoms with Crippen molar-refractivity contribution in [3.63, 3.8) is 0 Å². The third-order valence-corrected chi connectivity index (χ3v) is 12.7. The van der Waals surface area contributed by atoms with Crippen LogP contribution in [0.25, 0.3) is 0 Å². The summed E-state index contributed by atoms with van der Waals surface area (Å²) in [6, 6.07) is 0. The van der Waals surface area contributed by atoms with Crippen molar-refractivity contribution in [1.82, 2.24) is 0 Å². The fourth-order valence-corrected chi connectivity index (χ4v) is 14.1. The Morgan fingerprint density at radius 1 is 0.800 bits per heavy atom. The molecule has 15 heavy (non-hydrogen) atoms. The Balaban J connectivity index is 5.97. The van der Waals surface area contributed by atoms with Crippen LogP contribution in [0.3, 0.4) is 0 Å². The molecule has 0 unspecified atom stereocenters. The summed E-state index contributed by atoms with van der Waals surface area (Å²) in [5.74, 6) is -2.32. The third kappa shape index (κ3) is 2.01. The van der Waals surface area contributed by atoms with Gasteiger partial charge in [-0.25, -0.2) is 0 Å². The second kappa shape index (κ2) is 3.75. The van der Waals surface area contributed by atoms with E-state index < -0.39 is 32.7 Å². The summed E-state index contributed by atoms with van der Waals surface area (Å²) in [5, 5.41) is 18.7. The lowest BCUT2D eigenvalue weighted by Crippen LogP contribution is -2.63. The first-order valence-electron chi connectivity index (χ1n) is 4.86. The zero-order valence-corrected chi connectivity index (χ0v) is 12.2. The standard InChI is InChI=1S/C9H20O4Si2/c1-14(2,3)9(7(10)11,8(12)13)15(4,5)6/h1-6H3,(H,10,11)(H,12,13). The molecular weight excluding hydrogens is 228 g/mol. The van der Waals surface area contributed by atoms with Gasteiger partial charge >= 0.3 is 11.9 Å². The van der Waals surface area contributed by atoms with Crippen LogP contribution in [-0.2, 0) is 9.59 Å². The van der Waals surface area contributed by atoms with Crippen LogP contribution >= 0.6 is 0 Å². The van der Waals surface area contributed by atoms with E-state index in [0.717, 1.165) is 0 Å². The Bertz CT molecular complexity index is 255. The van der Waals surface area contributed by atoms with Crippen molar-refractivity contribution in [3.05, 3.63) is 0 Å². The van der Waals surface area contributed by atoms with Crippen LogP contribution in [0, 0.1) is 0 Å². The highest BCUT2D eigenvalue weighted by Crippen LogP contribution is 2.47. The molecule has 0 rings (SSSR count). The molecule has 0 saturated heterocycles. The smallest absolute Gasteiger partial charge is 0.315 e. The van der Waals surface area contributed by atoms with Gasteiger partial charge < -0.3 is 10.2 Å². The van der Waals surface area contributed by atoms with Crippen molar-refractivity contribution >= 4 is 28.1 Å². The number of carboxylic acid groups (broad SMARTS) is 2. The molecule has 0 fully saturated rings. The van der Waals surface area contributed by atoms with Gasteiger partial charge in [-0.3, -0.25) is 9.59 Å². The number of rotatable bonds is 4. The summed E-state index contributed by atoms with van der Waals surface area (Å²) in [4.78, 5) is 22.9. The molecule has 88 valence electrons. The zero-order chi connectivity index (χ0) is 12.7. The van der Waals surface area contributed by atoms with E-state index >= 15 is 0 Å². The van der Waals surface area contributed by atoms with E-state index in [9.17, 15) is 19.8 Å². The van der Waals surface area contributed by atoms with Gasteiger partial charge in [0.1, 0.15) is 4.66 Å². The zero-order valence-electron chi connectivity index (χ0n) is 10.2. The van der Waals surface area contributed by atoms with E-state index in [1.807, 2.05) is 39.3 Å². The van der Waals surface area contributed by atoms with Gasteiger partial charge in [-0.15, -0.1) is 0 Å². The summed E-state index contributed by atoms with van der Waals surface area (Å²) in [5.41, 5.74) is 0. The molecule has 0 aliphatic rings. The lowest BCUT2D eigenvalue weighted by Gasteiger charge is -2.44. The van der Waals surface area contributed by atoms with Gasteiger partial charge in [0.05, 0.1) is 16.1 Å². The van der Waals surface area contributed by atoms with Gasteiger partial charge in [-0.1, -0.05) is 39.3 Å². The SMILES string of the molecule is C[Si](C)(C)C(C(=O)O)(C(=O)O)[Si](C)(C)C. The predicted octanol–water partition coefficient (Wildman–Crippen LogP) is 2.11. The van der Waals surface area contributed by atoms with E-state index in [1.54, 1.807) is 0 Å². The van der Waals surface area contributed by atoms with Gasteiger partial charge in [0.15, 0.2) is 0 Å². The molecule has 0 bridgehead atoms. The number of carbonyl (C=O) groups is 2. The molecular formula is C9H20O4Si2. The molecule has 0 spiro atoms. The monoisotopic (exact) mass is 248 g/mol. The largest absolute Gasteiger partial charge is 0.481 e. The molecule has 0 saturated carbocycles. The van der Waals surface area contributed by atoms with Crippen molar-refractivity contribution in [2.24, 2.45) is 0 Å². The minimum Gasteiger partial charge on any atom is -0.481 e. The summed E-state index contributed by atoms with van der Waals surface area (Å²) in [6.45, 7) is 10.9. The second-order valence-corrected chi connectivity index (χ2v) is 16.9. The summed E-state index contributed by atoms with van der Waals surface area (Å²) >= 11 is 0. The normalized spacial score (nSPS) is 13.7. The van der Waals surface area contributed by atoms with Crippen LogP contribution in [0.5, 0.6) is 0 Å². The highest BCUT2D eigenvalue weighted by atomic mass is 28.4. The van der Waals surface area contributed by atoms with E-state index in [1.165, 1.54) is 0 Å². The van der Waals surface area contributed by atoms with E-state index in [4.69, 9.17) is 0 Å². The Labute approximate surface area is 92.3 Å². The van der Waals surface area contributed by atoms with Crippen molar-refractivity contribution in [3.8, 4) is 0 Å². The van der Waals surface area contributed by atoms with Crippen LogP contribution in [0.2, 0.25) is 43.9 Å². The number of hydrogen-bond donors (Lipinski definition) is 2. The Morgan fingerprint density at radius 3 is 1.00 bits per heavy atom. The van der Waals surface area contributed by atoms with Gasteiger partial charge in [0.2, 0.25) is 0 Å². The maximum Gasteiger partial charge on any atom is 0.315 e. The summed E-state index contributed by atoms with van der Waals surface area (Å²) in [7, 11) is -4.67. The lowest BCUT2D eigenvalue weighted by atomic mass is 10.4. The predicted molar refractivity (Wildman–Crippen MR) is 64.7 cm³/mol.